The molecule has 0 fully saturated rings. The van der Waals surface area contributed by atoms with Crippen molar-refractivity contribution in [3.63, 3.8) is 0 Å². The molecule has 21 heavy (non-hydrogen) atoms. The average Bonchev–Trinajstić information content (AvgIpc) is 2.91. The summed E-state index contributed by atoms with van der Waals surface area (Å²) in [7, 11) is 0. The topological polar surface area (TPSA) is 62.2 Å². The number of aliphatic hydroxyl groups is 1. The molecule has 1 aromatic heterocycles. The first-order valence-corrected chi connectivity index (χ1v) is 7.40. The smallest absolute Gasteiger partial charge is 0.251 e. The molecule has 108 valence electrons. The number of hydrogen-bond acceptors (Lipinski definition) is 4. The Kier molecular flexibility index (Phi) is 5.50. The minimum atomic E-state index is -0.145. The van der Waals surface area contributed by atoms with Gasteiger partial charge in [-0.3, -0.25) is 4.79 Å². The van der Waals surface area contributed by atoms with Crippen molar-refractivity contribution in [2.45, 2.75) is 19.9 Å². The fourth-order valence-corrected chi connectivity index (χ4v) is 2.43. The minimum absolute atomic E-state index is 0.0421. The third-order valence-electron chi connectivity index (χ3n) is 2.66. The molecule has 0 spiro atoms. The van der Waals surface area contributed by atoms with Crippen LogP contribution in [-0.2, 0) is 6.54 Å². The Morgan fingerprint density at radius 1 is 1.48 bits per heavy atom. The number of aliphatic hydroxyl groups excluding tert-OH is 1. The van der Waals surface area contributed by atoms with Crippen LogP contribution in [-0.4, -0.2) is 22.6 Å². The quantitative estimate of drug-likeness (QED) is 0.850. The highest BCUT2D eigenvalue weighted by Crippen LogP contribution is 2.11. The second-order valence-corrected chi connectivity index (χ2v) is 5.72. The Bertz CT molecular complexity index is 683. The van der Waals surface area contributed by atoms with Gasteiger partial charge in [-0.1, -0.05) is 17.9 Å². The average molecular weight is 300 g/mol. The lowest BCUT2D eigenvalue weighted by Crippen LogP contribution is -2.22. The molecule has 0 aliphatic rings. The van der Waals surface area contributed by atoms with Gasteiger partial charge < -0.3 is 10.4 Å². The highest BCUT2D eigenvalue weighted by Gasteiger charge is 2.06. The van der Waals surface area contributed by atoms with Crippen molar-refractivity contribution in [1.29, 1.82) is 0 Å². The molecule has 0 aliphatic carbocycles. The fourth-order valence-electron chi connectivity index (χ4n) is 1.70. The van der Waals surface area contributed by atoms with Crippen LogP contribution in [0, 0.1) is 18.8 Å². The Morgan fingerprint density at radius 2 is 2.33 bits per heavy atom. The summed E-state index contributed by atoms with van der Waals surface area (Å²) in [5.41, 5.74) is 1.33. The zero-order valence-corrected chi connectivity index (χ0v) is 12.5. The molecule has 0 atom stereocenters. The van der Waals surface area contributed by atoms with E-state index in [1.807, 2.05) is 13.0 Å². The second-order valence-electron chi connectivity index (χ2n) is 4.40. The highest BCUT2D eigenvalue weighted by atomic mass is 32.1. The molecule has 4 nitrogen and oxygen atoms in total. The molecule has 0 aliphatic heterocycles. The van der Waals surface area contributed by atoms with E-state index in [2.05, 4.69) is 22.1 Å². The van der Waals surface area contributed by atoms with Crippen molar-refractivity contribution in [2.75, 3.05) is 6.61 Å². The van der Waals surface area contributed by atoms with E-state index in [9.17, 15) is 4.79 Å². The molecule has 1 aromatic carbocycles. The van der Waals surface area contributed by atoms with Crippen molar-refractivity contribution in [2.24, 2.45) is 0 Å². The van der Waals surface area contributed by atoms with Gasteiger partial charge in [-0.2, -0.15) is 0 Å². The van der Waals surface area contributed by atoms with Crippen molar-refractivity contribution >= 4 is 17.2 Å². The van der Waals surface area contributed by atoms with Gasteiger partial charge in [0, 0.05) is 28.6 Å². The number of rotatable bonds is 4. The lowest BCUT2D eigenvalue weighted by Gasteiger charge is -2.03. The Balaban J connectivity index is 1.99. The standard InChI is InChI=1S/C16H16N2O2S/c1-12-10-17-15(21-12)11-18-16(20)14-7-4-6-13(9-14)5-2-3-8-19/h4,6-7,9-10,19H,3,8,11H2,1H3,(H,18,20). The first-order chi connectivity index (χ1) is 10.2. The van der Waals surface area contributed by atoms with Crippen LogP contribution in [0.4, 0.5) is 0 Å². The van der Waals surface area contributed by atoms with E-state index < -0.39 is 0 Å². The minimum Gasteiger partial charge on any atom is -0.395 e. The predicted molar refractivity (Wildman–Crippen MR) is 83.0 cm³/mol. The zero-order valence-electron chi connectivity index (χ0n) is 11.7. The van der Waals surface area contributed by atoms with E-state index >= 15 is 0 Å². The Hall–Kier alpha value is -2.16. The van der Waals surface area contributed by atoms with Gasteiger partial charge in [-0.15, -0.1) is 11.3 Å². The molecular formula is C16H16N2O2S. The summed E-state index contributed by atoms with van der Waals surface area (Å²) >= 11 is 1.57. The maximum atomic E-state index is 12.1. The number of carbonyl (C=O) groups is 1. The molecule has 0 saturated heterocycles. The molecule has 0 bridgehead atoms. The summed E-state index contributed by atoms with van der Waals surface area (Å²) in [5, 5.41) is 12.4. The third-order valence-corrected chi connectivity index (χ3v) is 3.58. The van der Waals surface area contributed by atoms with Gasteiger partial charge in [0.15, 0.2) is 0 Å². The normalized spacial score (nSPS) is 9.81. The van der Waals surface area contributed by atoms with Gasteiger partial charge in [0.05, 0.1) is 13.2 Å². The van der Waals surface area contributed by atoms with Crippen LogP contribution < -0.4 is 5.32 Å². The number of nitrogens with zero attached hydrogens (tertiary/aromatic N) is 1. The predicted octanol–water partition coefficient (Wildman–Crippen LogP) is 2.12. The Morgan fingerprint density at radius 3 is 3.05 bits per heavy atom. The van der Waals surface area contributed by atoms with Gasteiger partial charge in [0.1, 0.15) is 5.01 Å². The van der Waals surface area contributed by atoms with Crippen LogP contribution in [0.3, 0.4) is 0 Å². The van der Waals surface area contributed by atoms with Crippen molar-refractivity contribution < 1.29 is 9.90 Å². The number of nitrogens with one attached hydrogen (secondary N) is 1. The van der Waals surface area contributed by atoms with Crippen molar-refractivity contribution in [3.8, 4) is 11.8 Å². The molecule has 1 amide bonds. The van der Waals surface area contributed by atoms with Crippen LogP contribution >= 0.6 is 11.3 Å². The van der Waals surface area contributed by atoms with Crippen LogP contribution in [0.15, 0.2) is 30.5 Å². The lowest BCUT2D eigenvalue weighted by molar-refractivity contribution is 0.0951. The number of carbonyl (C=O) groups excluding carboxylic acids is 1. The number of aromatic nitrogens is 1. The molecule has 2 aromatic rings. The van der Waals surface area contributed by atoms with E-state index in [0.717, 1.165) is 15.4 Å². The van der Waals surface area contributed by atoms with Crippen LogP contribution in [0.25, 0.3) is 0 Å². The SMILES string of the molecule is Cc1cnc(CNC(=O)c2cccc(C#CCCO)c2)s1. The van der Waals surface area contributed by atoms with Gasteiger partial charge in [-0.25, -0.2) is 4.98 Å². The summed E-state index contributed by atoms with van der Waals surface area (Å²) in [6, 6.07) is 7.13. The van der Waals surface area contributed by atoms with Gasteiger partial charge >= 0.3 is 0 Å². The van der Waals surface area contributed by atoms with Crippen LogP contribution in [0.1, 0.15) is 32.2 Å². The van der Waals surface area contributed by atoms with Crippen molar-refractivity contribution in [3.05, 3.63) is 51.5 Å². The summed E-state index contributed by atoms with van der Waals surface area (Å²) in [5.74, 6) is 5.61. The maximum Gasteiger partial charge on any atom is 0.251 e. The van der Waals surface area contributed by atoms with E-state index in [1.165, 1.54) is 0 Å². The summed E-state index contributed by atoms with van der Waals surface area (Å²) < 4.78 is 0. The van der Waals surface area contributed by atoms with Crippen molar-refractivity contribution in [1.82, 2.24) is 10.3 Å². The third kappa shape index (κ3) is 4.71. The fraction of sp³-hybridized carbons (Fsp3) is 0.250. The molecular weight excluding hydrogens is 284 g/mol. The van der Waals surface area contributed by atoms with E-state index in [1.54, 1.807) is 35.7 Å². The molecule has 2 N–H and O–H groups in total. The summed E-state index contributed by atoms with van der Waals surface area (Å²) in [6.45, 7) is 2.45. The lowest BCUT2D eigenvalue weighted by atomic mass is 10.1. The van der Waals surface area contributed by atoms with Crippen LogP contribution in [0.5, 0.6) is 0 Å². The maximum absolute atomic E-state index is 12.1. The zero-order chi connectivity index (χ0) is 15.1. The monoisotopic (exact) mass is 300 g/mol. The molecule has 1 heterocycles. The van der Waals surface area contributed by atoms with Gasteiger partial charge in [0.25, 0.3) is 5.91 Å². The number of hydrogen-bond donors (Lipinski definition) is 2. The molecule has 0 radical (unpaired) electrons. The molecule has 5 heteroatoms. The second kappa shape index (κ2) is 7.58. The Labute approximate surface area is 127 Å². The van der Waals surface area contributed by atoms with Crippen LogP contribution in [0.2, 0.25) is 0 Å². The largest absolute Gasteiger partial charge is 0.395 e. The first-order valence-electron chi connectivity index (χ1n) is 6.58. The molecule has 0 saturated carbocycles. The summed E-state index contributed by atoms with van der Waals surface area (Å²) in [4.78, 5) is 17.4. The van der Waals surface area contributed by atoms with E-state index in [-0.39, 0.29) is 12.5 Å². The molecule has 2 rings (SSSR count). The number of amides is 1. The molecule has 0 unspecified atom stereocenters. The van der Waals surface area contributed by atoms with Gasteiger partial charge in [0.2, 0.25) is 0 Å². The van der Waals surface area contributed by atoms with E-state index in [0.29, 0.717) is 18.5 Å². The van der Waals surface area contributed by atoms with E-state index in [4.69, 9.17) is 5.11 Å². The number of benzene rings is 1. The highest BCUT2D eigenvalue weighted by molar-refractivity contribution is 7.11. The first kappa shape index (κ1) is 15.2. The number of aryl methyl sites for hydroxylation is 1. The number of thiazole rings is 1. The summed E-state index contributed by atoms with van der Waals surface area (Å²) in [6.07, 6.45) is 2.23. The van der Waals surface area contributed by atoms with Gasteiger partial charge in [-0.05, 0) is 25.1 Å².